The zero-order valence-corrected chi connectivity index (χ0v) is 9.54. The van der Waals surface area contributed by atoms with Crippen LogP contribution in [0, 0.1) is 5.92 Å². The molecule has 1 aromatic heterocycles. The van der Waals surface area contributed by atoms with Crippen LogP contribution in [0.5, 0.6) is 6.01 Å². The van der Waals surface area contributed by atoms with Crippen molar-refractivity contribution in [3.05, 3.63) is 18.0 Å². The number of ether oxygens (including phenoxy) is 1. The van der Waals surface area contributed by atoms with Crippen LogP contribution in [0.25, 0.3) is 0 Å². The molecule has 0 atom stereocenters. The molecular formula is C11H16N4O2. The summed E-state index contributed by atoms with van der Waals surface area (Å²) in [5.41, 5.74) is 5.80. The molecule has 1 aliphatic carbocycles. The molecule has 1 aliphatic rings. The number of aromatic nitrogens is 2. The highest BCUT2D eigenvalue weighted by Crippen LogP contribution is 2.24. The van der Waals surface area contributed by atoms with Crippen molar-refractivity contribution < 1.29 is 9.94 Å². The largest absolute Gasteiger partial charge is 0.463 e. The first kappa shape index (κ1) is 11.6. The molecule has 3 N–H and O–H groups in total. The third kappa shape index (κ3) is 3.05. The predicted octanol–water partition coefficient (Wildman–Crippen LogP) is 1.14. The quantitative estimate of drug-likeness (QED) is 0.354. The second kappa shape index (κ2) is 5.47. The number of hydrogen-bond acceptors (Lipinski definition) is 5. The molecule has 0 spiro atoms. The highest BCUT2D eigenvalue weighted by Gasteiger charge is 2.16. The molecule has 0 bridgehead atoms. The van der Waals surface area contributed by atoms with E-state index in [0.29, 0.717) is 18.2 Å². The van der Waals surface area contributed by atoms with E-state index in [2.05, 4.69) is 15.1 Å². The van der Waals surface area contributed by atoms with E-state index in [4.69, 9.17) is 15.7 Å². The number of nitrogens with zero attached hydrogens (tertiary/aromatic N) is 3. The first-order valence-corrected chi connectivity index (χ1v) is 5.73. The predicted molar refractivity (Wildman–Crippen MR) is 62.0 cm³/mol. The molecule has 1 saturated carbocycles. The maximum atomic E-state index is 8.54. The number of hydrogen-bond donors (Lipinski definition) is 2. The third-order valence-corrected chi connectivity index (χ3v) is 2.93. The fraction of sp³-hybridized carbons (Fsp3) is 0.545. The average Bonchev–Trinajstić information content (AvgIpc) is 2.89. The van der Waals surface area contributed by atoms with E-state index in [0.717, 1.165) is 0 Å². The summed E-state index contributed by atoms with van der Waals surface area (Å²) in [6, 6.07) is 1.85. The minimum absolute atomic E-state index is 0.0434. The number of rotatable bonds is 4. The van der Waals surface area contributed by atoms with Crippen LogP contribution in [-0.2, 0) is 0 Å². The van der Waals surface area contributed by atoms with Crippen LogP contribution in [0.2, 0.25) is 0 Å². The summed E-state index contributed by atoms with van der Waals surface area (Å²) in [4.78, 5) is 8.05. The summed E-state index contributed by atoms with van der Waals surface area (Å²) in [6.07, 6.45) is 6.50. The van der Waals surface area contributed by atoms with Crippen molar-refractivity contribution >= 4 is 5.84 Å². The van der Waals surface area contributed by atoms with Gasteiger partial charge in [0.25, 0.3) is 0 Å². The summed E-state index contributed by atoms with van der Waals surface area (Å²) in [5, 5.41) is 11.4. The van der Waals surface area contributed by atoms with Crippen molar-refractivity contribution in [1.82, 2.24) is 9.97 Å². The Bertz CT molecular complexity index is 402. The molecule has 0 amide bonds. The lowest BCUT2D eigenvalue weighted by Gasteiger charge is -2.09. The van der Waals surface area contributed by atoms with Gasteiger partial charge >= 0.3 is 6.01 Å². The second-order valence-electron chi connectivity index (χ2n) is 4.17. The third-order valence-electron chi connectivity index (χ3n) is 2.93. The Morgan fingerprint density at radius 2 is 2.29 bits per heavy atom. The smallest absolute Gasteiger partial charge is 0.317 e. The Hall–Kier alpha value is -1.85. The SMILES string of the molecule is N/C(=N/O)c1ccnc(OCC2CCCC2)n1. The van der Waals surface area contributed by atoms with Gasteiger partial charge in [0.1, 0.15) is 5.69 Å². The zero-order valence-electron chi connectivity index (χ0n) is 9.54. The van der Waals surface area contributed by atoms with E-state index in [9.17, 15) is 0 Å². The Labute approximate surface area is 99.5 Å². The van der Waals surface area contributed by atoms with Gasteiger partial charge in [-0.15, -0.1) is 0 Å². The maximum absolute atomic E-state index is 8.54. The first-order valence-electron chi connectivity index (χ1n) is 5.73. The molecule has 2 rings (SSSR count). The number of amidine groups is 1. The standard InChI is InChI=1S/C11H16N4O2/c12-10(15-16)9-5-6-13-11(14-9)17-7-8-3-1-2-4-8/h5-6,8,16H,1-4,7H2,(H2,12,15). The van der Waals surface area contributed by atoms with Crippen LogP contribution in [0.1, 0.15) is 31.4 Å². The topological polar surface area (TPSA) is 93.6 Å². The lowest BCUT2D eigenvalue weighted by molar-refractivity contribution is 0.234. The van der Waals surface area contributed by atoms with Gasteiger partial charge < -0.3 is 15.7 Å². The summed E-state index contributed by atoms with van der Waals surface area (Å²) >= 11 is 0. The van der Waals surface area contributed by atoms with Crippen LogP contribution >= 0.6 is 0 Å². The zero-order chi connectivity index (χ0) is 12.1. The molecule has 1 aromatic rings. The average molecular weight is 236 g/mol. The molecule has 0 aliphatic heterocycles. The summed E-state index contributed by atoms with van der Waals surface area (Å²) in [7, 11) is 0. The van der Waals surface area contributed by atoms with E-state index in [-0.39, 0.29) is 11.8 Å². The van der Waals surface area contributed by atoms with Gasteiger partial charge in [0.2, 0.25) is 0 Å². The van der Waals surface area contributed by atoms with Crippen LogP contribution in [0.15, 0.2) is 17.4 Å². The summed E-state index contributed by atoms with van der Waals surface area (Å²) < 4.78 is 5.51. The molecule has 6 heteroatoms. The van der Waals surface area contributed by atoms with E-state index in [1.54, 1.807) is 6.07 Å². The van der Waals surface area contributed by atoms with Gasteiger partial charge in [0.15, 0.2) is 5.84 Å². The number of nitrogens with two attached hydrogens (primary N) is 1. The Balaban J connectivity index is 1.96. The van der Waals surface area contributed by atoms with Gasteiger partial charge in [-0.1, -0.05) is 18.0 Å². The molecule has 1 fully saturated rings. The van der Waals surface area contributed by atoms with Crippen molar-refractivity contribution in [3.63, 3.8) is 0 Å². The summed E-state index contributed by atoms with van der Waals surface area (Å²) in [5.74, 6) is 0.559. The van der Waals surface area contributed by atoms with Gasteiger partial charge in [-0.25, -0.2) is 4.98 Å². The Morgan fingerprint density at radius 3 is 3.00 bits per heavy atom. The fourth-order valence-electron chi connectivity index (χ4n) is 1.97. The normalized spacial score (nSPS) is 17.3. The first-order chi connectivity index (χ1) is 8.29. The molecule has 17 heavy (non-hydrogen) atoms. The van der Waals surface area contributed by atoms with Crippen molar-refractivity contribution in [2.24, 2.45) is 16.8 Å². The molecule has 6 nitrogen and oxygen atoms in total. The highest BCUT2D eigenvalue weighted by molar-refractivity contribution is 5.95. The highest BCUT2D eigenvalue weighted by atomic mass is 16.5. The van der Waals surface area contributed by atoms with Gasteiger partial charge in [0.05, 0.1) is 6.61 Å². The minimum Gasteiger partial charge on any atom is -0.463 e. The molecule has 92 valence electrons. The number of oxime groups is 1. The van der Waals surface area contributed by atoms with Crippen LogP contribution < -0.4 is 10.5 Å². The van der Waals surface area contributed by atoms with E-state index < -0.39 is 0 Å². The fourth-order valence-corrected chi connectivity index (χ4v) is 1.97. The van der Waals surface area contributed by atoms with Crippen molar-refractivity contribution in [2.75, 3.05) is 6.61 Å². The van der Waals surface area contributed by atoms with Gasteiger partial charge in [-0.3, -0.25) is 0 Å². The van der Waals surface area contributed by atoms with E-state index >= 15 is 0 Å². The van der Waals surface area contributed by atoms with Gasteiger partial charge in [-0.2, -0.15) is 4.98 Å². The lowest BCUT2D eigenvalue weighted by atomic mass is 10.1. The van der Waals surface area contributed by atoms with E-state index in [1.807, 2.05) is 0 Å². The van der Waals surface area contributed by atoms with Crippen LogP contribution in [-0.4, -0.2) is 27.6 Å². The molecule has 0 saturated heterocycles. The minimum atomic E-state index is -0.0434. The summed E-state index contributed by atoms with van der Waals surface area (Å²) in [6.45, 7) is 0.639. The van der Waals surface area contributed by atoms with Crippen molar-refractivity contribution in [3.8, 4) is 6.01 Å². The maximum Gasteiger partial charge on any atom is 0.317 e. The lowest BCUT2D eigenvalue weighted by Crippen LogP contribution is -2.16. The van der Waals surface area contributed by atoms with Crippen LogP contribution in [0.3, 0.4) is 0 Å². The van der Waals surface area contributed by atoms with Crippen molar-refractivity contribution in [2.45, 2.75) is 25.7 Å². The van der Waals surface area contributed by atoms with Gasteiger partial charge in [-0.05, 0) is 24.8 Å². The second-order valence-corrected chi connectivity index (χ2v) is 4.17. The molecule has 0 aromatic carbocycles. The van der Waals surface area contributed by atoms with E-state index in [1.165, 1.54) is 31.9 Å². The van der Waals surface area contributed by atoms with Gasteiger partial charge in [0, 0.05) is 6.20 Å². The molecule has 0 unspecified atom stereocenters. The van der Waals surface area contributed by atoms with Crippen LogP contribution in [0.4, 0.5) is 0 Å². The molecule has 1 heterocycles. The molecule has 0 radical (unpaired) electrons. The Morgan fingerprint density at radius 1 is 1.53 bits per heavy atom. The molecular weight excluding hydrogens is 220 g/mol. The Kier molecular flexibility index (Phi) is 3.74. The van der Waals surface area contributed by atoms with Crippen molar-refractivity contribution in [1.29, 1.82) is 0 Å². The monoisotopic (exact) mass is 236 g/mol.